The molecule has 1 unspecified atom stereocenters. The fourth-order valence-corrected chi connectivity index (χ4v) is 2.18. The van der Waals surface area contributed by atoms with E-state index in [1.807, 2.05) is 45.0 Å². The van der Waals surface area contributed by atoms with Gasteiger partial charge in [0.2, 0.25) is 0 Å². The van der Waals surface area contributed by atoms with Crippen LogP contribution in [0.15, 0.2) is 29.3 Å². The zero-order valence-corrected chi connectivity index (χ0v) is 11.5. The van der Waals surface area contributed by atoms with Gasteiger partial charge in [-0.25, -0.2) is 4.79 Å². The van der Waals surface area contributed by atoms with E-state index in [0.29, 0.717) is 12.4 Å². The number of aliphatic imine (C=N–C) groups is 1. The van der Waals surface area contributed by atoms with Crippen molar-refractivity contribution in [2.45, 2.75) is 32.9 Å². The molecule has 1 atom stereocenters. The summed E-state index contributed by atoms with van der Waals surface area (Å²) in [6.45, 7) is 6.45. The minimum Gasteiger partial charge on any atom is -0.491 e. The van der Waals surface area contributed by atoms with Gasteiger partial charge < -0.3 is 15.4 Å². The summed E-state index contributed by atoms with van der Waals surface area (Å²) in [5.41, 5.74) is 6.79. The van der Waals surface area contributed by atoms with Crippen molar-refractivity contribution in [1.29, 1.82) is 0 Å². The van der Waals surface area contributed by atoms with E-state index in [1.54, 1.807) is 4.90 Å². The van der Waals surface area contributed by atoms with Gasteiger partial charge in [-0.2, -0.15) is 4.99 Å². The second kappa shape index (κ2) is 5.30. The van der Waals surface area contributed by atoms with Crippen molar-refractivity contribution < 1.29 is 9.53 Å². The first-order chi connectivity index (χ1) is 9.02. The molecule has 5 heteroatoms. The van der Waals surface area contributed by atoms with Crippen LogP contribution in [-0.2, 0) is 0 Å². The molecule has 0 aromatic heterocycles. The van der Waals surface area contributed by atoms with Crippen molar-refractivity contribution in [2.75, 3.05) is 6.54 Å². The van der Waals surface area contributed by atoms with Crippen LogP contribution < -0.4 is 10.5 Å². The zero-order valence-electron chi connectivity index (χ0n) is 11.5. The second-order valence-electron chi connectivity index (χ2n) is 4.74. The number of likely N-dealkylation sites (N-methyl/N-ethyl adjacent to an activating group) is 1. The van der Waals surface area contributed by atoms with Gasteiger partial charge in [0.15, 0.2) is 0 Å². The number of hydrogen-bond acceptors (Lipinski definition) is 3. The quantitative estimate of drug-likeness (QED) is 0.904. The summed E-state index contributed by atoms with van der Waals surface area (Å²) < 4.78 is 5.59. The van der Waals surface area contributed by atoms with Gasteiger partial charge in [0.25, 0.3) is 0 Å². The number of amides is 2. The van der Waals surface area contributed by atoms with Gasteiger partial charge in [0, 0.05) is 6.54 Å². The van der Waals surface area contributed by atoms with E-state index in [-0.39, 0.29) is 18.2 Å². The lowest BCUT2D eigenvalue weighted by molar-refractivity contribution is 0.209. The zero-order chi connectivity index (χ0) is 14.0. The molecule has 2 N–H and O–H groups in total. The molecule has 0 saturated carbocycles. The Kier molecular flexibility index (Phi) is 3.74. The number of nitrogens with two attached hydrogens (primary N) is 1. The van der Waals surface area contributed by atoms with Gasteiger partial charge in [-0.15, -0.1) is 0 Å². The lowest BCUT2D eigenvalue weighted by Crippen LogP contribution is -2.33. The Morgan fingerprint density at radius 3 is 2.53 bits per heavy atom. The smallest absolute Gasteiger partial charge is 0.346 e. The first kappa shape index (κ1) is 13.4. The third-order valence-electron chi connectivity index (χ3n) is 2.97. The Morgan fingerprint density at radius 1 is 1.37 bits per heavy atom. The Hall–Kier alpha value is -2.04. The molecule has 2 amide bonds. The highest BCUT2D eigenvalue weighted by molar-refractivity contribution is 6.03. The van der Waals surface area contributed by atoms with Gasteiger partial charge in [0.1, 0.15) is 17.6 Å². The summed E-state index contributed by atoms with van der Waals surface area (Å²) >= 11 is 0. The summed E-state index contributed by atoms with van der Waals surface area (Å²) in [6.07, 6.45) is 0.137. The molecule has 0 aliphatic carbocycles. The lowest BCUT2D eigenvalue weighted by Gasteiger charge is -2.23. The number of benzene rings is 1. The SMILES string of the molecule is CCN1C(=O)N=C(N)C1c1ccc(OC(C)C)cc1. The molecule has 1 aliphatic rings. The number of rotatable bonds is 4. The number of carbonyl (C=O) groups excluding carboxylic acids is 1. The van der Waals surface area contributed by atoms with E-state index in [2.05, 4.69) is 4.99 Å². The van der Waals surface area contributed by atoms with Crippen molar-refractivity contribution >= 4 is 11.9 Å². The van der Waals surface area contributed by atoms with E-state index in [1.165, 1.54) is 0 Å². The summed E-state index contributed by atoms with van der Waals surface area (Å²) in [5.74, 6) is 1.16. The number of carbonyl (C=O) groups is 1. The van der Waals surface area contributed by atoms with Crippen LogP contribution in [0.25, 0.3) is 0 Å². The first-order valence-corrected chi connectivity index (χ1v) is 6.44. The summed E-state index contributed by atoms with van der Waals surface area (Å²) in [4.78, 5) is 17.1. The molecule has 2 rings (SSSR count). The van der Waals surface area contributed by atoms with E-state index in [4.69, 9.17) is 10.5 Å². The summed E-state index contributed by atoms with van der Waals surface area (Å²) in [7, 11) is 0. The van der Waals surface area contributed by atoms with Crippen molar-refractivity contribution in [3.63, 3.8) is 0 Å². The molecule has 102 valence electrons. The molecule has 0 radical (unpaired) electrons. The monoisotopic (exact) mass is 261 g/mol. The Bertz CT molecular complexity index is 494. The standard InChI is InChI=1S/C14H19N3O2/c1-4-17-12(13(15)16-14(17)18)10-5-7-11(8-6-10)19-9(2)3/h5-9,12H,4H2,1-3H3,(H2,15,16,18). The molecule has 1 aromatic rings. The fourth-order valence-electron chi connectivity index (χ4n) is 2.18. The van der Waals surface area contributed by atoms with Crippen LogP contribution in [0.3, 0.4) is 0 Å². The van der Waals surface area contributed by atoms with Crippen LogP contribution >= 0.6 is 0 Å². The normalized spacial score (nSPS) is 18.9. The van der Waals surface area contributed by atoms with E-state index >= 15 is 0 Å². The fraction of sp³-hybridized carbons (Fsp3) is 0.429. The first-order valence-electron chi connectivity index (χ1n) is 6.44. The topological polar surface area (TPSA) is 67.9 Å². The number of ether oxygens (including phenoxy) is 1. The maximum atomic E-state index is 11.6. The van der Waals surface area contributed by atoms with E-state index < -0.39 is 0 Å². The number of amidine groups is 1. The van der Waals surface area contributed by atoms with Crippen LogP contribution in [0.1, 0.15) is 32.4 Å². The lowest BCUT2D eigenvalue weighted by atomic mass is 10.1. The molecule has 19 heavy (non-hydrogen) atoms. The summed E-state index contributed by atoms with van der Waals surface area (Å²) in [5, 5.41) is 0. The average molecular weight is 261 g/mol. The van der Waals surface area contributed by atoms with Crippen molar-refractivity contribution in [3.8, 4) is 5.75 Å². The van der Waals surface area contributed by atoms with Gasteiger partial charge in [-0.05, 0) is 38.5 Å². The highest BCUT2D eigenvalue weighted by atomic mass is 16.5. The van der Waals surface area contributed by atoms with Crippen LogP contribution in [0, 0.1) is 0 Å². The maximum Gasteiger partial charge on any atom is 0.346 e. The highest BCUT2D eigenvalue weighted by Gasteiger charge is 2.33. The van der Waals surface area contributed by atoms with Gasteiger partial charge >= 0.3 is 6.03 Å². The summed E-state index contributed by atoms with van der Waals surface area (Å²) in [6, 6.07) is 7.09. The molecule has 1 heterocycles. The Balaban J connectivity index is 2.22. The second-order valence-corrected chi connectivity index (χ2v) is 4.74. The molecule has 0 fully saturated rings. The minimum absolute atomic E-state index is 0.137. The van der Waals surface area contributed by atoms with E-state index in [0.717, 1.165) is 11.3 Å². The molecule has 0 saturated heterocycles. The van der Waals surface area contributed by atoms with E-state index in [9.17, 15) is 4.79 Å². The average Bonchev–Trinajstić information content (AvgIpc) is 2.64. The van der Waals surface area contributed by atoms with Crippen molar-refractivity contribution in [3.05, 3.63) is 29.8 Å². The maximum absolute atomic E-state index is 11.6. The van der Waals surface area contributed by atoms with Crippen LogP contribution in [0.5, 0.6) is 5.75 Å². The van der Waals surface area contributed by atoms with Crippen LogP contribution in [-0.4, -0.2) is 29.4 Å². The molecular weight excluding hydrogens is 242 g/mol. The largest absolute Gasteiger partial charge is 0.491 e. The minimum atomic E-state index is -0.271. The predicted octanol–water partition coefficient (Wildman–Crippen LogP) is 2.33. The number of hydrogen-bond donors (Lipinski definition) is 1. The molecular formula is C14H19N3O2. The highest BCUT2D eigenvalue weighted by Crippen LogP contribution is 2.28. The Labute approximate surface area is 113 Å². The van der Waals surface area contributed by atoms with Gasteiger partial charge in [0.05, 0.1) is 6.10 Å². The third-order valence-corrected chi connectivity index (χ3v) is 2.97. The molecule has 0 bridgehead atoms. The number of urea groups is 1. The van der Waals surface area contributed by atoms with Crippen LogP contribution in [0.4, 0.5) is 4.79 Å². The van der Waals surface area contributed by atoms with Crippen LogP contribution in [0.2, 0.25) is 0 Å². The molecule has 1 aliphatic heterocycles. The number of nitrogens with zero attached hydrogens (tertiary/aromatic N) is 2. The van der Waals surface area contributed by atoms with Gasteiger partial charge in [-0.1, -0.05) is 12.1 Å². The predicted molar refractivity (Wildman–Crippen MR) is 74.3 cm³/mol. The Morgan fingerprint density at radius 2 is 2.00 bits per heavy atom. The molecule has 0 spiro atoms. The third kappa shape index (κ3) is 2.70. The molecule has 5 nitrogen and oxygen atoms in total. The molecule has 1 aromatic carbocycles. The van der Waals surface area contributed by atoms with Gasteiger partial charge in [-0.3, -0.25) is 0 Å². The van der Waals surface area contributed by atoms with Crippen molar-refractivity contribution in [2.24, 2.45) is 10.7 Å². The van der Waals surface area contributed by atoms with Crippen molar-refractivity contribution in [1.82, 2.24) is 4.90 Å².